The van der Waals surface area contributed by atoms with E-state index in [-0.39, 0.29) is 30.5 Å². The minimum Gasteiger partial charge on any atom is -0.507 e. The number of amides is 2. The molecule has 0 bridgehead atoms. The molecule has 0 saturated carbocycles. The summed E-state index contributed by atoms with van der Waals surface area (Å²) in [6, 6.07) is 12.3. The van der Waals surface area contributed by atoms with E-state index in [4.69, 9.17) is 4.74 Å². The molecular weight excluding hydrogens is 458 g/mol. The molecule has 1 N–H and O–H groups in total. The second-order valence-corrected chi connectivity index (χ2v) is 9.70. The van der Waals surface area contributed by atoms with Crippen LogP contribution >= 0.6 is 0 Å². The van der Waals surface area contributed by atoms with E-state index in [9.17, 15) is 19.5 Å². The van der Waals surface area contributed by atoms with E-state index in [0.717, 1.165) is 11.3 Å². The van der Waals surface area contributed by atoms with Crippen LogP contribution in [0.3, 0.4) is 0 Å². The van der Waals surface area contributed by atoms with Crippen LogP contribution in [0.1, 0.15) is 23.6 Å². The van der Waals surface area contributed by atoms with Gasteiger partial charge in [-0.15, -0.1) is 6.58 Å². The zero-order valence-corrected chi connectivity index (χ0v) is 20.7. The number of hydrogen-bond acceptors (Lipinski definition) is 6. The van der Waals surface area contributed by atoms with Crippen molar-refractivity contribution in [2.45, 2.75) is 25.0 Å². The number of para-hydroxylation sites is 1. The zero-order chi connectivity index (χ0) is 25.8. The average Bonchev–Trinajstić information content (AvgIpc) is 3.42. The molecule has 2 aromatic rings. The molecule has 1 saturated heterocycles. The third-order valence-electron chi connectivity index (χ3n) is 7.06. The van der Waals surface area contributed by atoms with Crippen LogP contribution in [0.5, 0.6) is 5.75 Å². The van der Waals surface area contributed by atoms with Gasteiger partial charge in [-0.05, 0) is 50.8 Å². The number of aliphatic hydroxyl groups excluding tert-OH is 1. The maximum atomic E-state index is 14.3. The first-order valence-corrected chi connectivity index (χ1v) is 12.0. The molecule has 0 unspecified atom stereocenters. The van der Waals surface area contributed by atoms with Gasteiger partial charge in [0.05, 0.1) is 11.3 Å². The minimum absolute atomic E-state index is 0.00310. The Morgan fingerprint density at radius 1 is 1.22 bits per heavy atom. The van der Waals surface area contributed by atoms with Gasteiger partial charge in [0.25, 0.3) is 17.6 Å². The first kappa shape index (κ1) is 23.8. The fourth-order valence-electron chi connectivity index (χ4n) is 5.49. The standard InChI is InChI=1S/C28H29N3O5/c1-5-12-30-21-9-7-6-8-20(21)28(27(30)35)23(25(33)26(34)31(28)14-13-29(3)4)24(32)18-10-11-22-19(16-18)15-17(2)36-22/h5-11,16-17,32H,1,12-15H2,2-4H3/t17-,28+/m0/s1. The molecule has 3 heterocycles. The van der Waals surface area contributed by atoms with E-state index in [1.807, 2.05) is 25.9 Å². The van der Waals surface area contributed by atoms with Gasteiger partial charge in [0.1, 0.15) is 17.6 Å². The number of anilines is 1. The predicted molar refractivity (Wildman–Crippen MR) is 136 cm³/mol. The summed E-state index contributed by atoms with van der Waals surface area (Å²) in [5.74, 6) is -1.78. The van der Waals surface area contributed by atoms with Crippen LogP contribution in [0, 0.1) is 0 Å². The van der Waals surface area contributed by atoms with E-state index < -0.39 is 23.1 Å². The maximum Gasteiger partial charge on any atom is 0.296 e. The number of ketones is 1. The van der Waals surface area contributed by atoms with Crippen molar-refractivity contribution < 1.29 is 24.2 Å². The minimum atomic E-state index is -1.77. The number of carbonyl (C=O) groups excluding carboxylic acids is 3. The first-order chi connectivity index (χ1) is 17.2. The Hall–Kier alpha value is -3.91. The Morgan fingerprint density at radius 3 is 2.69 bits per heavy atom. The van der Waals surface area contributed by atoms with Crippen LogP contribution in [0.2, 0.25) is 0 Å². The van der Waals surface area contributed by atoms with Crippen LogP contribution in [-0.2, 0) is 26.3 Å². The van der Waals surface area contributed by atoms with Gasteiger partial charge in [0, 0.05) is 37.2 Å². The molecule has 0 radical (unpaired) electrons. The molecule has 8 heteroatoms. The van der Waals surface area contributed by atoms with E-state index in [1.165, 1.54) is 9.80 Å². The quantitative estimate of drug-likeness (QED) is 0.292. The van der Waals surface area contributed by atoms with E-state index in [0.29, 0.717) is 29.8 Å². The van der Waals surface area contributed by atoms with Gasteiger partial charge in [-0.2, -0.15) is 0 Å². The number of carbonyl (C=O) groups is 3. The third-order valence-corrected chi connectivity index (χ3v) is 7.06. The highest BCUT2D eigenvalue weighted by Gasteiger charge is 2.66. The number of nitrogens with zero attached hydrogens (tertiary/aromatic N) is 3. The number of likely N-dealkylation sites (N-methyl/N-ethyl adjacent to an activating group) is 1. The van der Waals surface area contributed by atoms with Crippen LogP contribution in [0.4, 0.5) is 5.69 Å². The fraction of sp³-hybridized carbons (Fsp3) is 0.321. The summed E-state index contributed by atoms with van der Waals surface area (Å²) in [6.07, 6.45) is 2.26. The Morgan fingerprint density at radius 2 is 1.97 bits per heavy atom. The number of hydrogen-bond donors (Lipinski definition) is 1. The number of aliphatic hydroxyl groups is 1. The number of likely N-dealkylation sites (tertiary alicyclic amines) is 1. The van der Waals surface area contributed by atoms with Gasteiger partial charge in [0.15, 0.2) is 5.54 Å². The van der Waals surface area contributed by atoms with Crippen LogP contribution in [0.15, 0.2) is 60.7 Å². The Balaban J connectivity index is 1.77. The van der Waals surface area contributed by atoms with Gasteiger partial charge in [-0.25, -0.2) is 0 Å². The van der Waals surface area contributed by atoms with Crippen LogP contribution < -0.4 is 9.64 Å². The molecule has 3 aliphatic heterocycles. The Bertz CT molecular complexity index is 1330. The third kappa shape index (κ3) is 3.28. The van der Waals surface area contributed by atoms with Gasteiger partial charge in [-0.1, -0.05) is 24.3 Å². The topological polar surface area (TPSA) is 90.4 Å². The molecule has 2 amide bonds. The molecule has 3 aliphatic rings. The van der Waals surface area contributed by atoms with Crippen molar-refractivity contribution in [1.29, 1.82) is 0 Å². The highest BCUT2D eigenvalue weighted by molar-refractivity contribution is 6.50. The number of fused-ring (bicyclic) bond motifs is 3. The van der Waals surface area contributed by atoms with Crippen molar-refractivity contribution in [2.24, 2.45) is 0 Å². The lowest BCUT2D eigenvalue weighted by Crippen LogP contribution is -2.53. The predicted octanol–water partition coefficient (Wildman–Crippen LogP) is 2.68. The molecule has 36 heavy (non-hydrogen) atoms. The summed E-state index contributed by atoms with van der Waals surface area (Å²) >= 11 is 0. The lowest BCUT2D eigenvalue weighted by atomic mass is 9.81. The fourth-order valence-corrected chi connectivity index (χ4v) is 5.49. The summed E-state index contributed by atoms with van der Waals surface area (Å²) < 4.78 is 5.77. The summed E-state index contributed by atoms with van der Waals surface area (Å²) in [7, 11) is 3.70. The van der Waals surface area contributed by atoms with Crippen molar-refractivity contribution in [3.63, 3.8) is 0 Å². The summed E-state index contributed by atoms with van der Waals surface area (Å²) in [5, 5.41) is 11.6. The normalized spacial score (nSPS) is 24.0. The van der Waals surface area contributed by atoms with Gasteiger partial charge < -0.3 is 24.5 Å². The molecule has 2 atom stereocenters. The highest BCUT2D eigenvalue weighted by atomic mass is 16.5. The van der Waals surface area contributed by atoms with Crippen LogP contribution in [0.25, 0.3) is 5.76 Å². The molecule has 8 nitrogen and oxygen atoms in total. The molecule has 0 aromatic heterocycles. The number of rotatable bonds is 6. The second-order valence-electron chi connectivity index (χ2n) is 9.70. The molecule has 0 aliphatic carbocycles. The molecule has 5 rings (SSSR count). The van der Waals surface area contributed by atoms with Gasteiger partial charge in [-0.3, -0.25) is 14.4 Å². The second kappa shape index (κ2) is 8.64. The smallest absolute Gasteiger partial charge is 0.296 e. The van der Waals surface area contributed by atoms with Crippen molar-refractivity contribution in [2.75, 3.05) is 38.6 Å². The SMILES string of the molecule is C=CCN1C(=O)[C@]2(C(=C(O)c3ccc4c(c3)C[C@H](C)O4)C(=O)C(=O)N2CCN(C)C)c2ccccc21. The molecule has 1 fully saturated rings. The Labute approximate surface area is 210 Å². The summed E-state index contributed by atoms with van der Waals surface area (Å²) in [4.78, 5) is 46.0. The number of ether oxygens (including phenoxy) is 1. The number of benzene rings is 2. The number of Topliss-reactive ketones (excluding diaryl/α,β-unsaturated/α-hetero) is 1. The van der Waals surface area contributed by atoms with Crippen LogP contribution in [-0.4, -0.2) is 72.3 Å². The van der Waals surface area contributed by atoms with Crippen molar-refractivity contribution >= 4 is 29.0 Å². The summed E-state index contributed by atoms with van der Waals surface area (Å²) in [5.41, 5.74) is 0.368. The Kier molecular flexibility index (Phi) is 5.71. The summed E-state index contributed by atoms with van der Waals surface area (Å²) in [6.45, 7) is 6.49. The molecule has 1 spiro atoms. The zero-order valence-electron chi connectivity index (χ0n) is 20.7. The van der Waals surface area contributed by atoms with E-state index in [1.54, 1.807) is 48.5 Å². The maximum absolute atomic E-state index is 14.3. The molecule has 186 valence electrons. The van der Waals surface area contributed by atoms with Gasteiger partial charge >= 0.3 is 0 Å². The molecule has 2 aromatic carbocycles. The monoisotopic (exact) mass is 487 g/mol. The molecular formula is C28H29N3O5. The largest absolute Gasteiger partial charge is 0.507 e. The van der Waals surface area contributed by atoms with E-state index >= 15 is 0 Å². The van der Waals surface area contributed by atoms with Crippen molar-refractivity contribution in [1.82, 2.24) is 9.80 Å². The lowest BCUT2D eigenvalue weighted by Gasteiger charge is -2.35. The van der Waals surface area contributed by atoms with Crippen molar-refractivity contribution in [3.8, 4) is 5.75 Å². The van der Waals surface area contributed by atoms with E-state index in [2.05, 4.69) is 6.58 Å². The highest BCUT2D eigenvalue weighted by Crippen LogP contribution is 2.53. The van der Waals surface area contributed by atoms with Gasteiger partial charge in [0.2, 0.25) is 0 Å². The lowest BCUT2D eigenvalue weighted by molar-refractivity contribution is -0.143. The average molecular weight is 488 g/mol. The first-order valence-electron chi connectivity index (χ1n) is 12.0. The van der Waals surface area contributed by atoms with Crippen molar-refractivity contribution in [3.05, 3.63) is 77.4 Å².